The number of rotatable bonds is 2. The molecule has 0 saturated heterocycles. The molecule has 1 aliphatic rings. The molecule has 2 rings (SSSR count). The number of thioether (sulfide) groups is 1. The van der Waals surface area contributed by atoms with Gasteiger partial charge in [-0.2, -0.15) is 0 Å². The molecule has 86 valence electrons. The van der Waals surface area contributed by atoms with E-state index in [0.717, 1.165) is 0 Å². The van der Waals surface area contributed by atoms with Crippen molar-refractivity contribution in [1.82, 2.24) is 0 Å². The second-order valence-electron chi connectivity index (χ2n) is 4.45. The Balaban J connectivity index is 2.13. The van der Waals surface area contributed by atoms with Crippen molar-refractivity contribution in [2.45, 2.75) is 43.8 Å². The van der Waals surface area contributed by atoms with Gasteiger partial charge in [0.25, 0.3) is 0 Å². The Kier molecular flexibility index (Phi) is 4.05. The van der Waals surface area contributed by atoms with E-state index in [-0.39, 0.29) is 5.12 Å². The van der Waals surface area contributed by atoms with Crippen LogP contribution in [0.4, 0.5) is 0 Å². The molecule has 2 atom stereocenters. The maximum atomic E-state index is 11.3. The zero-order valence-corrected chi connectivity index (χ0v) is 10.5. The SMILES string of the molecule is CC(=O)SC1CCCCC1c1ccccc1. The Bertz CT molecular complexity index is 347. The van der Waals surface area contributed by atoms with Crippen LogP contribution in [0.3, 0.4) is 0 Å². The van der Waals surface area contributed by atoms with Gasteiger partial charge in [-0.3, -0.25) is 4.79 Å². The summed E-state index contributed by atoms with van der Waals surface area (Å²) in [6.45, 7) is 1.68. The van der Waals surface area contributed by atoms with Gasteiger partial charge in [-0.1, -0.05) is 54.9 Å². The van der Waals surface area contributed by atoms with Crippen LogP contribution in [0.1, 0.15) is 44.1 Å². The Hall–Kier alpha value is -0.760. The highest BCUT2D eigenvalue weighted by Gasteiger charge is 2.27. The molecule has 0 amide bonds. The fraction of sp³-hybridized carbons (Fsp3) is 0.500. The van der Waals surface area contributed by atoms with Gasteiger partial charge >= 0.3 is 0 Å². The van der Waals surface area contributed by atoms with Crippen LogP contribution in [0.5, 0.6) is 0 Å². The van der Waals surface area contributed by atoms with Gasteiger partial charge in [0.1, 0.15) is 0 Å². The molecule has 1 fully saturated rings. The van der Waals surface area contributed by atoms with Crippen molar-refractivity contribution in [3.63, 3.8) is 0 Å². The Labute approximate surface area is 102 Å². The molecular weight excluding hydrogens is 216 g/mol. The van der Waals surface area contributed by atoms with E-state index < -0.39 is 0 Å². The van der Waals surface area contributed by atoms with Gasteiger partial charge in [-0.05, 0) is 24.3 Å². The minimum atomic E-state index is 0.257. The third-order valence-electron chi connectivity index (χ3n) is 3.25. The van der Waals surface area contributed by atoms with Crippen LogP contribution in [0.25, 0.3) is 0 Å². The van der Waals surface area contributed by atoms with Crippen LogP contribution >= 0.6 is 11.8 Å². The van der Waals surface area contributed by atoms with Crippen LogP contribution in [-0.2, 0) is 4.79 Å². The van der Waals surface area contributed by atoms with Gasteiger partial charge in [0, 0.05) is 12.2 Å². The third kappa shape index (κ3) is 2.88. The summed E-state index contributed by atoms with van der Waals surface area (Å²) in [5, 5.41) is 0.751. The van der Waals surface area contributed by atoms with Crippen LogP contribution < -0.4 is 0 Å². The summed E-state index contributed by atoms with van der Waals surface area (Å²) in [5.74, 6) is 0.573. The van der Waals surface area contributed by atoms with Crippen LogP contribution in [0.2, 0.25) is 0 Å². The highest BCUT2D eigenvalue weighted by atomic mass is 32.2. The molecule has 16 heavy (non-hydrogen) atoms. The Morgan fingerprint density at radius 3 is 2.56 bits per heavy atom. The fourth-order valence-corrected chi connectivity index (χ4v) is 3.70. The average molecular weight is 234 g/mol. The number of hydrogen-bond donors (Lipinski definition) is 0. The van der Waals surface area contributed by atoms with Crippen molar-refractivity contribution >= 4 is 16.9 Å². The molecule has 1 aromatic rings. The van der Waals surface area contributed by atoms with Crippen molar-refractivity contribution in [2.24, 2.45) is 0 Å². The highest BCUT2D eigenvalue weighted by Crippen LogP contribution is 2.40. The summed E-state index contributed by atoms with van der Waals surface area (Å²) in [7, 11) is 0. The minimum Gasteiger partial charge on any atom is -0.288 e. The summed E-state index contributed by atoms with van der Waals surface area (Å²) in [5.41, 5.74) is 1.40. The predicted molar refractivity (Wildman–Crippen MR) is 69.7 cm³/mol. The number of benzene rings is 1. The van der Waals surface area contributed by atoms with E-state index in [1.54, 1.807) is 6.92 Å². The van der Waals surface area contributed by atoms with E-state index in [4.69, 9.17) is 0 Å². The first kappa shape index (κ1) is 11.7. The van der Waals surface area contributed by atoms with Gasteiger partial charge in [0.15, 0.2) is 5.12 Å². The largest absolute Gasteiger partial charge is 0.288 e. The summed E-state index contributed by atoms with van der Waals surface area (Å²) in [4.78, 5) is 11.3. The number of carbonyl (C=O) groups excluding carboxylic acids is 1. The van der Waals surface area contributed by atoms with Crippen LogP contribution in [0.15, 0.2) is 30.3 Å². The summed E-state index contributed by atoms with van der Waals surface area (Å²) < 4.78 is 0. The lowest BCUT2D eigenvalue weighted by Gasteiger charge is -2.30. The summed E-state index contributed by atoms with van der Waals surface area (Å²) >= 11 is 1.54. The average Bonchev–Trinajstić information content (AvgIpc) is 2.30. The van der Waals surface area contributed by atoms with Gasteiger partial charge < -0.3 is 0 Å². The molecule has 0 bridgehead atoms. The van der Waals surface area contributed by atoms with Crippen molar-refractivity contribution in [3.05, 3.63) is 35.9 Å². The Morgan fingerprint density at radius 2 is 1.88 bits per heavy atom. The summed E-state index contributed by atoms with van der Waals surface area (Å²) in [6, 6.07) is 10.6. The first-order valence-electron chi connectivity index (χ1n) is 5.99. The lowest BCUT2D eigenvalue weighted by Crippen LogP contribution is -2.21. The molecular formula is C14H18OS. The molecule has 1 saturated carbocycles. The lowest BCUT2D eigenvalue weighted by atomic mass is 9.83. The monoisotopic (exact) mass is 234 g/mol. The molecule has 1 nitrogen and oxygen atoms in total. The lowest BCUT2D eigenvalue weighted by molar-refractivity contribution is -0.109. The molecule has 1 aromatic carbocycles. The van der Waals surface area contributed by atoms with Gasteiger partial charge in [-0.15, -0.1) is 0 Å². The molecule has 2 heteroatoms. The normalized spacial score (nSPS) is 25.3. The van der Waals surface area contributed by atoms with E-state index in [9.17, 15) is 4.79 Å². The number of hydrogen-bond acceptors (Lipinski definition) is 2. The molecule has 0 heterocycles. The van der Waals surface area contributed by atoms with Crippen molar-refractivity contribution in [2.75, 3.05) is 0 Å². The standard InChI is InChI=1S/C14H18OS/c1-11(15)16-14-10-6-5-9-13(14)12-7-3-2-4-8-12/h2-4,7-8,13-14H,5-6,9-10H2,1H3. The van der Waals surface area contributed by atoms with E-state index >= 15 is 0 Å². The molecule has 2 unspecified atom stereocenters. The maximum Gasteiger partial charge on any atom is 0.186 e. The topological polar surface area (TPSA) is 17.1 Å². The zero-order chi connectivity index (χ0) is 11.4. The van der Waals surface area contributed by atoms with Crippen molar-refractivity contribution in [3.8, 4) is 0 Å². The van der Waals surface area contributed by atoms with E-state index in [2.05, 4.69) is 30.3 Å². The molecule has 0 aliphatic heterocycles. The first-order valence-corrected chi connectivity index (χ1v) is 6.87. The third-order valence-corrected chi connectivity index (χ3v) is 4.45. The second-order valence-corrected chi connectivity index (χ2v) is 5.87. The summed E-state index contributed by atoms with van der Waals surface area (Å²) in [6.07, 6.45) is 4.99. The smallest absolute Gasteiger partial charge is 0.186 e. The first-order chi connectivity index (χ1) is 7.77. The van der Waals surface area contributed by atoms with E-state index in [1.807, 2.05) is 0 Å². The zero-order valence-electron chi connectivity index (χ0n) is 9.69. The highest BCUT2D eigenvalue weighted by molar-refractivity contribution is 8.14. The minimum absolute atomic E-state index is 0.257. The maximum absolute atomic E-state index is 11.3. The fourth-order valence-electron chi connectivity index (χ4n) is 2.53. The molecule has 0 aromatic heterocycles. The van der Waals surface area contributed by atoms with E-state index in [1.165, 1.54) is 43.0 Å². The molecule has 1 aliphatic carbocycles. The molecule has 0 spiro atoms. The molecule has 0 radical (unpaired) electrons. The second kappa shape index (κ2) is 5.53. The van der Waals surface area contributed by atoms with Gasteiger partial charge in [0.2, 0.25) is 0 Å². The number of carbonyl (C=O) groups is 1. The van der Waals surface area contributed by atoms with E-state index in [0.29, 0.717) is 11.2 Å². The predicted octanol–water partition coefficient (Wildman–Crippen LogP) is 3.99. The quantitative estimate of drug-likeness (QED) is 0.769. The van der Waals surface area contributed by atoms with Gasteiger partial charge in [-0.25, -0.2) is 0 Å². The Morgan fingerprint density at radius 1 is 1.19 bits per heavy atom. The van der Waals surface area contributed by atoms with Gasteiger partial charge in [0.05, 0.1) is 0 Å². The molecule has 0 N–H and O–H groups in total. The van der Waals surface area contributed by atoms with Crippen LogP contribution in [-0.4, -0.2) is 10.4 Å². The van der Waals surface area contributed by atoms with Crippen molar-refractivity contribution in [1.29, 1.82) is 0 Å². The van der Waals surface area contributed by atoms with Crippen molar-refractivity contribution < 1.29 is 4.79 Å². The van der Waals surface area contributed by atoms with Crippen LogP contribution in [0, 0.1) is 0 Å².